The van der Waals surface area contributed by atoms with Crippen LogP contribution in [0.3, 0.4) is 0 Å². The van der Waals surface area contributed by atoms with E-state index in [1.807, 2.05) is 0 Å². The molecule has 1 N–H and O–H groups in total. The highest BCUT2D eigenvalue weighted by molar-refractivity contribution is 5.11. The Kier molecular flexibility index (Phi) is 3.64. The van der Waals surface area contributed by atoms with Crippen molar-refractivity contribution >= 4 is 0 Å². The highest BCUT2D eigenvalue weighted by Crippen LogP contribution is 2.33. The fraction of sp³-hybridized carbons (Fsp3) is 0.769. The average molecular weight is 221 g/mol. The van der Waals surface area contributed by atoms with Gasteiger partial charge in [-0.15, -0.1) is 0 Å². The molecule has 1 aliphatic rings. The molecule has 1 aromatic rings. The fourth-order valence-electron chi connectivity index (χ4n) is 2.29. The molecular formula is C13H23N3. The van der Waals surface area contributed by atoms with Crippen LogP contribution in [0.15, 0.2) is 6.07 Å². The van der Waals surface area contributed by atoms with Gasteiger partial charge in [0.25, 0.3) is 0 Å². The van der Waals surface area contributed by atoms with E-state index in [1.54, 1.807) is 0 Å². The minimum absolute atomic E-state index is 0.760. The number of nitrogens with one attached hydrogen (secondary N) is 1. The third-order valence-electron chi connectivity index (χ3n) is 3.57. The molecule has 16 heavy (non-hydrogen) atoms. The Balaban J connectivity index is 1.90. The molecule has 1 heterocycles. The van der Waals surface area contributed by atoms with Crippen LogP contribution in [0.25, 0.3) is 0 Å². The summed E-state index contributed by atoms with van der Waals surface area (Å²) >= 11 is 0. The summed E-state index contributed by atoms with van der Waals surface area (Å²) in [5, 5.41) is 8.19. The predicted octanol–water partition coefficient (Wildman–Crippen LogP) is 2.35. The van der Waals surface area contributed by atoms with Crippen molar-refractivity contribution in [1.82, 2.24) is 15.1 Å². The second kappa shape index (κ2) is 5.00. The zero-order valence-corrected chi connectivity index (χ0v) is 10.7. The summed E-state index contributed by atoms with van der Waals surface area (Å²) in [7, 11) is 0. The third-order valence-corrected chi connectivity index (χ3v) is 3.57. The monoisotopic (exact) mass is 221 g/mol. The van der Waals surface area contributed by atoms with Crippen LogP contribution < -0.4 is 5.32 Å². The van der Waals surface area contributed by atoms with Gasteiger partial charge in [-0.3, -0.25) is 4.68 Å². The van der Waals surface area contributed by atoms with Crippen molar-refractivity contribution in [3.8, 4) is 0 Å². The molecule has 1 aliphatic carbocycles. The van der Waals surface area contributed by atoms with Gasteiger partial charge in [0.05, 0.1) is 11.4 Å². The number of aryl methyl sites for hydroxylation is 2. The summed E-state index contributed by atoms with van der Waals surface area (Å²) in [5.74, 6) is 0.920. The molecular weight excluding hydrogens is 198 g/mol. The van der Waals surface area contributed by atoms with Crippen molar-refractivity contribution in [3.63, 3.8) is 0 Å². The van der Waals surface area contributed by atoms with Crippen molar-refractivity contribution in [2.75, 3.05) is 0 Å². The van der Waals surface area contributed by atoms with Gasteiger partial charge in [0.2, 0.25) is 0 Å². The van der Waals surface area contributed by atoms with Crippen LogP contribution in [-0.4, -0.2) is 15.8 Å². The zero-order valence-electron chi connectivity index (χ0n) is 10.7. The lowest BCUT2D eigenvalue weighted by Gasteiger charge is -2.05. The summed E-state index contributed by atoms with van der Waals surface area (Å²) in [4.78, 5) is 0. The summed E-state index contributed by atoms with van der Waals surface area (Å²) < 4.78 is 2.12. The van der Waals surface area contributed by atoms with E-state index in [0.717, 1.165) is 31.5 Å². The molecule has 0 aromatic carbocycles. The third kappa shape index (κ3) is 2.46. The normalized spacial score (nSPS) is 23.7. The van der Waals surface area contributed by atoms with Crippen molar-refractivity contribution in [1.29, 1.82) is 0 Å². The highest BCUT2D eigenvalue weighted by Gasteiger charge is 2.34. The lowest BCUT2D eigenvalue weighted by Crippen LogP contribution is -2.19. The summed E-state index contributed by atoms with van der Waals surface area (Å²) in [6.45, 7) is 8.54. The first kappa shape index (κ1) is 11.6. The van der Waals surface area contributed by atoms with E-state index in [4.69, 9.17) is 0 Å². The summed E-state index contributed by atoms with van der Waals surface area (Å²) in [6.07, 6.45) is 3.70. The molecule has 0 amide bonds. The lowest BCUT2D eigenvalue weighted by molar-refractivity contribution is 0.560. The van der Waals surface area contributed by atoms with Gasteiger partial charge in [0.1, 0.15) is 0 Å². The number of hydrogen-bond acceptors (Lipinski definition) is 2. The first-order valence-electron chi connectivity index (χ1n) is 6.57. The van der Waals surface area contributed by atoms with Gasteiger partial charge in [0.15, 0.2) is 0 Å². The van der Waals surface area contributed by atoms with Crippen LogP contribution in [0.4, 0.5) is 0 Å². The maximum Gasteiger partial charge on any atom is 0.0625 e. The first-order chi connectivity index (χ1) is 7.78. The number of rotatable bonds is 6. The average Bonchev–Trinajstić information content (AvgIpc) is 2.97. The number of nitrogens with zero attached hydrogens (tertiary/aromatic N) is 2. The van der Waals surface area contributed by atoms with Crippen LogP contribution in [0.1, 0.15) is 45.0 Å². The lowest BCUT2D eigenvalue weighted by atomic mass is 10.3. The number of aromatic nitrogens is 2. The van der Waals surface area contributed by atoms with Gasteiger partial charge in [0, 0.05) is 19.1 Å². The van der Waals surface area contributed by atoms with Crippen molar-refractivity contribution in [2.45, 2.75) is 59.2 Å². The zero-order chi connectivity index (χ0) is 11.5. The van der Waals surface area contributed by atoms with Crippen molar-refractivity contribution in [2.24, 2.45) is 5.92 Å². The molecule has 2 atom stereocenters. The Morgan fingerprint density at radius 3 is 2.81 bits per heavy atom. The van der Waals surface area contributed by atoms with Gasteiger partial charge >= 0.3 is 0 Å². The molecule has 0 spiro atoms. The fourth-order valence-corrected chi connectivity index (χ4v) is 2.29. The quantitative estimate of drug-likeness (QED) is 0.799. The first-order valence-corrected chi connectivity index (χ1v) is 6.57. The molecule has 2 rings (SSSR count). The molecule has 0 aliphatic heterocycles. The Morgan fingerprint density at radius 2 is 2.25 bits per heavy atom. The molecule has 0 radical (unpaired) electrons. The van der Waals surface area contributed by atoms with Crippen LogP contribution in [0.5, 0.6) is 0 Å². The molecule has 0 saturated heterocycles. The Labute approximate surface area is 98.2 Å². The highest BCUT2D eigenvalue weighted by atomic mass is 15.3. The van der Waals surface area contributed by atoms with Gasteiger partial charge in [-0.25, -0.2) is 0 Å². The van der Waals surface area contributed by atoms with E-state index in [0.29, 0.717) is 0 Å². The molecule has 1 saturated carbocycles. The van der Waals surface area contributed by atoms with Crippen LogP contribution in [0.2, 0.25) is 0 Å². The summed E-state index contributed by atoms with van der Waals surface area (Å²) in [6, 6.07) is 3.00. The van der Waals surface area contributed by atoms with Gasteiger partial charge < -0.3 is 5.32 Å². The Bertz CT molecular complexity index is 343. The van der Waals surface area contributed by atoms with Crippen LogP contribution in [-0.2, 0) is 19.5 Å². The molecule has 2 unspecified atom stereocenters. The van der Waals surface area contributed by atoms with E-state index < -0.39 is 0 Å². The molecule has 1 fully saturated rings. The minimum atomic E-state index is 0.760. The molecule has 90 valence electrons. The molecule has 3 heteroatoms. The van der Waals surface area contributed by atoms with Gasteiger partial charge in [-0.05, 0) is 31.7 Å². The summed E-state index contributed by atoms with van der Waals surface area (Å²) in [5.41, 5.74) is 2.54. The Hall–Kier alpha value is -0.830. The van der Waals surface area contributed by atoms with Crippen molar-refractivity contribution < 1.29 is 0 Å². The minimum Gasteiger partial charge on any atom is -0.308 e. The Morgan fingerprint density at radius 1 is 1.44 bits per heavy atom. The van der Waals surface area contributed by atoms with Crippen LogP contribution in [0, 0.1) is 5.92 Å². The van der Waals surface area contributed by atoms with Gasteiger partial charge in [-0.1, -0.05) is 20.3 Å². The van der Waals surface area contributed by atoms with E-state index in [9.17, 15) is 0 Å². The van der Waals surface area contributed by atoms with Crippen molar-refractivity contribution in [3.05, 3.63) is 17.5 Å². The topological polar surface area (TPSA) is 29.9 Å². The van der Waals surface area contributed by atoms with E-state index >= 15 is 0 Å². The van der Waals surface area contributed by atoms with Crippen LogP contribution >= 0.6 is 0 Å². The smallest absolute Gasteiger partial charge is 0.0625 e. The molecule has 0 bridgehead atoms. The second-order valence-electron chi connectivity index (χ2n) is 4.69. The largest absolute Gasteiger partial charge is 0.308 e. The SMILES string of the molecule is CCc1cc(CNC2CC2CC)n(CC)n1. The molecule has 3 nitrogen and oxygen atoms in total. The van der Waals surface area contributed by atoms with E-state index in [-0.39, 0.29) is 0 Å². The second-order valence-corrected chi connectivity index (χ2v) is 4.69. The van der Waals surface area contributed by atoms with E-state index in [1.165, 1.54) is 24.2 Å². The predicted molar refractivity (Wildman–Crippen MR) is 66.3 cm³/mol. The number of hydrogen-bond donors (Lipinski definition) is 1. The standard InChI is InChI=1S/C13H23N3/c1-4-10-7-13(10)14-9-12-8-11(5-2)15-16(12)6-3/h8,10,13-14H,4-7,9H2,1-3H3. The molecule has 1 aromatic heterocycles. The maximum absolute atomic E-state index is 4.56. The maximum atomic E-state index is 4.56. The van der Waals surface area contributed by atoms with E-state index in [2.05, 4.69) is 41.9 Å². The van der Waals surface area contributed by atoms with Gasteiger partial charge in [-0.2, -0.15) is 5.10 Å².